The fourth-order valence-corrected chi connectivity index (χ4v) is 3.94. The van der Waals surface area contributed by atoms with Crippen LogP contribution < -0.4 is 38.9 Å². The van der Waals surface area contributed by atoms with Crippen LogP contribution in [0.3, 0.4) is 0 Å². The summed E-state index contributed by atoms with van der Waals surface area (Å²) in [5, 5.41) is 7.77. The number of hydrogen-bond donors (Lipinski definition) is 7. The van der Waals surface area contributed by atoms with Crippen molar-refractivity contribution in [3.63, 3.8) is 0 Å². The molecule has 0 aromatic carbocycles. The fraction of sp³-hybridized carbons (Fsp3) is 0.739. The van der Waals surface area contributed by atoms with Crippen LogP contribution in [0.4, 0.5) is 4.79 Å². The van der Waals surface area contributed by atoms with Crippen molar-refractivity contribution in [3.8, 4) is 0 Å². The first-order valence-corrected chi connectivity index (χ1v) is 12.5. The lowest BCUT2D eigenvalue weighted by Gasteiger charge is -2.29. The molecule has 11 N–H and O–H groups in total. The highest BCUT2D eigenvalue weighted by Crippen LogP contribution is 2.18. The second-order valence-corrected chi connectivity index (χ2v) is 9.44. The minimum absolute atomic E-state index is 0.0209. The normalized spacial score (nSPS) is 19.8. The van der Waals surface area contributed by atoms with Gasteiger partial charge in [0.15, 0.2) is 5.96 Å². The van der Waals surface area contributed by atoms with Crippen LogP contribution >= 0.6 is 0 Å². The predicted octanol–water partition coefficient (Wildman–Crippen LogP) is -1.98. The van der Waals surface area contributed by atoms with Gasteiger partial charge in [0.05, 0.1) is 13.4 Å². The topological polar surface area (TPSA) is 241 Å². The number of nitrogens with zero attached hydrogens (tertiary/aromatic N) is 2. The molecule has 37 heavy (non-hydrogen) atoms. The summed E-state index contributed by atoms with van der Waals surface area (Å²) in [5.41, 5.74) is 21.7. The number of nitrogens with one attached hydrogen (secondary N) is 3. The van der Waals surface area contributed by atoms with Gasteiger partial charge in [-0.2, -0.15) is 0 Å². The molecule has 0 spiro atoms. The molecule has 1 aliphatic heterocycles. The molecule has 14 nitrogen and oxygen atoms in total. The van der Waals surface area contributed by atoms with E-state index in [9.17, 15) is 24.0 Å². The van der Waals surface area contributed by atoms with Gasteiger partial charge in [-0.05, 0) is 50.9 Å². The Morgan fingerprint density at radius 1 is 1.08 bits per heavy atom. The molecule has 210 valence electrons. The second-order valence-electron chi connectivity index (χ2n) is 9.44. The Kier molecular flexibility index (Phi) is 13.2. The van der Waals surface area contributed by atoms with Crippen LogP contribution in [0.5, 0.6) is 0 Å². The van der Waals surface area contributed by atoms with Gasteiger partial charge in [-0.3, -0.25) is 19.4 Å². The van der Waals surface area contributed by atoms with Crippen LogP contribution in [-0.4, -0.2) is 84.7 Å². The first-order chi connectivity index (χ1) is 17.8. The van der Waals surface area contributed by atoms with E-state index in [1.54, 1.807) is 0 Å². The molecule has 0 aromatic rings. The van der Waals surface area contributed by atoms with E-state index in [2.05, 4.69) is 20.9 Å². The van der Waals surface area contributed by atoms with E-state index >= 15 is 0 Å². The number of rotatable bonds is 16. The highest BCUT2D eigenvalue weighted by molar-refractivity contribution is 5.93. The Morgan fingerprint density at radius 2 is 1.76 bits per heavy atom. The minimum atomic E-state index is -1.69. The zero-order valence-electron chi connectivity index (χ0n) is 22.7. The van der Waals surface area contributed by atoms with Crippen LogP contribution in [0, 0.1) is 5.92 Å². The summed E-state index contributed by atoms with van der Waals surface area (Å²) < 4.78 is 8.34. The fourth-order valence-electron chi connectivity index (χ4n) is 3.94. The molecule has 1 aliphatic rings. The molecule has 1 rings (SSSR count). The van der Waals surface area contributed by atoms with Gasteiger partial charge in [0.25, 0.3) is 0 Å². The standard InChI is InChI=1S/C23H43N9O5/c1-14(2)12-18(31-19(34)16(24)7-3-10-29-23(27)37)20(35)30-17(8-4-9-28-22(25)26)21(36)32-11-5-6-15(32)13-33/h13-18H,3-12,24H2,1-2H3,(H,30,35)(H,31,34)(H4,25,26,28)(H3,27,29,37)/t15-,16-,17-,18-/m0/s1/i15D. The smallest absolute Gasteiger partial charge is 0.312 e. The van der Waals surface area contributed by atoms with E-state index in [1.165, 1.54) is 0 Å². The third-order valence-corrected chi connectivity index (χ3v) is 5.79. The maximum absolute atomic E-state index is 13.4. The van der Waals surface area contributed by atoms with Crippen molar-refractivity contribution in [2.24, 2.45) is 33.8 Å². The Labute approximate surface area is 219 Å². The number of carbonyl (C=O) groups excluding carboxylic acids is 5. The molecule has 0 radical (unpaired) electrons. The van der Waals surface area contributed by atoms with Crippen molar-refractivity contribution in [2.45, 2.75) is 82.9 Å². The first-order valence-electron chi connectivity index (χ1n) is 13.0. The molecule has 0 aromatic heterocycles. The van der Waals surface area contributed by atoms with E-state index in [0.29, 0.717) is 25.5 Å². The Hall–Kier alpha value is -3.42. The van der Waals surface area contributed by atoms with Crippen molar-refractivity contribution in [1.29, 1.82) is 0 Å². The van der Waals surface area contributed by atoms with Gasteiger partial charge in [0, 0.05) is 19.6 Å². The summed E-state index contributed by atoms with van der Waals surface area (Å²) in [6.45, 7) is 4.44. The molecule has 0 unspecified atom stereocenters. The lowest BCUT2D eigenvalue weighted by Crippen LogP contribution is -2.57. The number of aldehydes is 1. The number of nitrogens with two attached hydrogens (primary N) is 4. The number of aliphatic imine (C=N–C) groups is 1. The number of carbonyl (C=O) groups is 5. The minimum Gasteiger partial charge on any atom is -0.370 e. The Morgan fingerprint density at radius 3 is 2.35 bits per heavy atom. The van der Waals surface area contributed by atoms with E-state index in [1.807, 2.05) is 13.8 Å². The van der Waals surface area contributed by atoms with Gasteiger partial charge in [-0.15, -0.1) is 0 Å². The number of likely N-dealkylation sites (tertiary alicyclic amines) is 1. The number of guanidine groups is 1. The van der Waals surface area contributed by atoms with Crippen LogP contribution in [-0.2, 0) is 19.2 Å². The summed E-state index contributed by atoms with van der Waals surface area (Å²) >= 11 is 0. The van der Waals surface area contributed by atoms with Gasteiger partial charge >= 0.3 is 6.03 Å². The summed E-state index contributed by atoms with van der Waals surface area (Å²) in [7, 11) is 0. The molecule has 1 heterocycles. The van der Waals surface area contributed by atoms with Gasteiger partial charge in [0.1, 0.15) is 18.4 Å². The van der Waals surface area contributed by atoms with Crippen molar-refractivity contribution < 1.29 is 25.3 Å². The molecule has 0 saturated carbocycles. The summed E-state index contributed by atoms with van der Waals surface area (Å²) in [6.07, 6.45) is 2.56. The maximum atomic E-state index is 13.4. The number of amides is 5. The molecule has 14 heteroatoms. The van der Waals surface area contributed by atoms with E-state index in [4.69, 9.17) is 24.3 Å². The second kappa shape index (κ2) is 16.3. The summed E-state index contributed by atoms with van der Waals surface area (Å²) in [4.78, 5) is 66.7. The molecular weight excluding hydrogens is 482 g/mol. The first kappa shape index (κ1) is 29.8. The molecular formula is C23H43N9O5. The van der Waals surface area contributed by atoms with E-state index in [-0.39, 0.29) is 57.2 Å². The molecule has 1 saturated heterocycles. The van der Waals surface area contributed by atoms with Crippen LogP contribution in [0.15, 0.2) is 4.99 Å². The highest BCUT2D eigenvalue weighted by Gasteiger charge is 2.35. The average molecular weight is 527 g/mol. The Bertz CT molecular complexity index is 868. The number of hydrogen-bond acceptors (Lipinski definition) is 7. The van der Waals surface area contributed by atoms with Crippen molar-refractivity contribution in [3.05, 3.63) is 0 Å². The molecule has 0 aliphatic carbocycles. The maximum Gasteiger partial charge on any atom is 0.312 e. The third kappa shape index (κ3) is 11.9. The SMILES string of the molecule is [2H][C@@]1(C=O)CCCN1C(=O)[C@H](CCCN=C(N)N)NC(=O)[C@H](CC(C)C)NC(=O)[C@@H](N)CCCNC(N)=O. The number of primary amides is 1. The van der Waals surface area contributed by atoms with Gasteiger partial charge in [0.2, 0.25) is 17.7 Å². The average Bonchev–Trinajstić information content (AvgIpc) is 3.23. The van der Waals surface area contributed by atoms with Gasteiger partial charge < -0.3 is 48.6 Å². The monoisotopic (exact) mass is 526 g/mol. The van der Waals surface area contributed by atoms with Crippen LogP contribution in [0.25, 0.3) is 0 Å². The van der Waals surface area contributed by atoms with Crippen molar-refractivity contribution in [2.75, 3.05) is 19.6 Å². The predicted molar refractivity (Wildman–Crippen MR) is 139 cm³/mol. The van der Waals surface area contributed by atoms with E-state index < -0.39 is 47.9 Å². The van der Waals surface area contributed by atoms with Gasteiger partial charge in [-0.25, -0.2) is 4.79 Å². The lowest BCUT2D eigenvalue weighted by atomic mass is 10.0. The van der Waals surface area contributed by atoms with Crippen LogP contribution in [0.1, 0.15) is 60.2 Å². The zero-order chi connectivity index (χ0) is 28.9. The molecule has 1 fully saturated rings. The summed E-state index contributed by atoms with van der Waals surface area (Å²) in [6, 6.07) is -5.33. The molecule has 5 amide bonds. The largest absolute Gasteiger partial charge is 0.370 e. The van der Waals surface area contributed by atoms with E-state index in [0.717, 1.165) is 4.90 Å². The number of urea groups is 1. The zero-order valence-corrected chi connectivity index (χ0v) is 21.7. The van der Waals surface area contributed by atoms with Crippen molar-refractivity contribution in [1.82, 2.24) is 20.9 Å². The summed E-state index contributed by atoms with van der Waals surface area (Å²) in [5.74, 6) is -1.78. The highest BCUT2D eigenvalue weighted by atomic mass is 16.2. The third-order valence-electron chi connectivity index (χ3n) is 5.79. The van der Waals surface area contributed by atoms with Crippen molar-refractivity contribution >= 4 is 36.0 Å². The quantitative estimate of drug-likeness (QED) is 0.0513. The Balaban J connectivity index is 2.97. The lowest BCUT2D eigenvalue weighted by molar-refractivity contribution is -0.139. The molecule has 4 atom stereocenters. The molecule has 0 bridgehead atoms. The van der Waals surface area contributed by atoms with Crippen LogP contribution in [0.2, 0.25) is 0 Å². The van der Waals surface area contributed by atoms with Gasteiger partial charge in [-0.1, -0.05) is 13.8 Å².